The van der Waals surface area contributed by atoms with E-state index < -0.39 is 10.0 Å². The Hall–Kier alpha value is -2.26. The molecule has 2 aliphatic heterocycles. The van der Waals surface area contributed by atoms with Crippen molar-refractivity contribution < 1.29 is 13.2 Å². The summed E-state index contributed by atoms with van der Waals surface area (Å²) >= 11 is 0. The molecule has 0 radical (unpaired) electrons. The maximum atomic E-state index is 12.9. The number of nitrogens with one attached hydrogen (secondary N) is 1. The monoisotopic (exact) mass is 375 g/mol. The molecule has 9 heteroatoms. The lowest BCUT2D eigenvalue weighted by Crippen LogP contribution is -2.33. The second-order valence-corrected chi connectivity index (χ2v) is 8.48. The van der Waals surface area contributed by atoms with Crippen LogP contribution in [0.5, 0.6) is 0 Å². The lowest BCUT2D eigenvalue weighted by Gasteiger charge is -2.23. The van der Waals surface area contributed by atoms with Crippen LogP contribution in [0.15, 0.2) is 23.1 Å². The zero-order valence-corrected chi connectivity index (χ0v) is 15.6. The zero-order valence-electron chi connectivity index (χ0n) is 14.8. The molecule has 1 aromatic heterocycles. The van der Waals surface area contributed by atoms with E-state index in [-0.39, 0.29) is 16.8 Å². The third-order valence-corrected chi connectivity index (χ3v) is 6.38. The van der Waals surface area contributed by atoms with E-state index in [0.717, 1.165) is 24.2 Å². The Morgan fingerprint density at radius 2 is 2.12 bits per heavy atom. The first-order chi connectivity index (χ1) is 12.3. The number of hydrogen-bond acceptors (Lipinski definition) is 5. The van der Waals surface area contributed by atoms with Gasteiger partial charge in [0.2, 0.25) is 15.9 Å². The fourth-order valence-corrected chi connectivity index (χ4v) is 4.99. The summed E-state index contributed by atoms with van der Waals surface area (Å²) in [6.07, 6.45) is 2.20. The minimum atomic E-state index is -3.69. The normalized spacial score (nSPS) is 19.3. The minimum absolute atomic E-state index is 0.0330. The van der Waals surface area contributed by atoms with Crippen molar-refractivity contribution >= 4 is 21.6 Å². The summed E-state index contributed by atoms with van der Waals surface area (Å²) in [6.45, 7) is 4.67. The molecule has 138 valence electrons. The van der Waals surface area contributed by atoms with Crippen LogP contribution in [0.2, 0.25) is 0 Å². The summed E-state index contributed by atoms with van der Waals surface area (Å²) < 4.78 is 30.3. The number of hydrogen-bond donors (Lipinski definition) is 1. The summed E-state index contributed by atoms with van der Waals surface area (Å²) in [5.74, 6) is 1.28. The topological polar surface area (TPSA) is 97.2 Å². The van der Waals surface area contributed by atoms with E-state index in [1.54, 1.807) is 34.7 Å². The van der Waals surface area contributed by atoms with Gasteiger partial charge in [0, 0.05) is 25.7 Å². The number of benzene rings is 1. The van der Waals surface area contributed by atoms with E-state index in [2.05, 4.69) is 14.8 Å². The molecule has 0 bridgehead atoms. The predicted molar refractivity (Wildman–Crippen MR) is 95.2 cm³/mol. The highest BCUT2D eigenvalue weighted by Crippen LogP contribution is 2.31. The van der Waals surface area contributed by atoms with Crippen LogP contribution in [0.3, 0.4) is 0 Å². The number of aryl methyl sites for hydroxylation is 2. The number of anilines is 1. The number of sulfonamides is 1. The van der Waals surface area contributed by atoms with Crippen molar-refractivity contribution in [2.45, 2.75) is 50.6 Å². The number of amides is 1. The molecule has 0 aliphatic carbocycles. The maximum Gasteiger partial charge on any atom is 0.241 e. The maximum absolute atomic E-state index is 12.9. The second kappa shape index (κ2) is 6.17. The molecule has 2 aromatic rings. The van der Waals surface area contributed by atoms with Gasteiger partial charge in [0.15, 0.2) is 0 Å². The van der Waals surface area contributed by atoms with Gasteiger partial charge in [-0.05, 0) is 49.9 Å². The molecule has 1 atom stereocenters. The zero-order chi connectivity index (χ0) is 18.5. The highest BCUT2D eigenvalue weighted by atomic mass is 32.2. The summed E-state index contributed by atoms with van der Waals surface area (Å²) in [5.41, 5.74) is 1.68. The molecule has 0 saturated heterocycles. The van der Waals surface area contributed by atoms with Gasteiger partial charge in [-0.15, -0.1) is 0 Å². The van der Waals surface area contributed by atoms with Crippen LogP contribution in [0, 0.1) is 6.92 Å². The van der Waals surface area contributed by atoms with Crippen LogP contribution in [-0.2, 0) is 27.8 Å². The summed E-state index contributed by atoms with van der Waals surface area (Å²) in [5, 5.41) is 4.31. The van der Waals surface area contributed by atoms with Crippen LogP contribution in [0.1, 0.15) is 43.0 Å². The van der Waals surface area contributed by atoms with Crippen molar-refractivity contribution in [1.29, 1.82) is 0 Å². The first-order valence-electron chi connectivity index (χ1n) is 8.70. The molecule has 0 fully saturated rings. The van der Waals surface area contributed by atoms with Gasteiger partial charge < -0.3 is 4.90 Å². The van der Waals surface area contributed by atoms with Crippen molar-refractivity contribution in [3.63, 3.8) is 0 Å². The number of nitrogens with zero attached hydrogens (tertiary/aromatic N) is 4. The van der Waals surface area contributed by atoms with Gasteiger partial charge in [0.25, 0.3) is 0 Å². The third kappa shape index (κ3) is 2.90. The molecule has 0 saturated carbocycles. The van der Waals surface area contributed by atoms with Crippen molar-refractivity contribution in [3.05, 3.63) is 35.4 Å². The highest BCUT2D eigenvalue weighted by Gasteiger charge is 2.30. The van der Waals surface area contributed by atoms with Gasteiger partial charge in [0.05, 0.1) is 10.9 Å². The lowest BCUT2D eigenvalue weighted by molar-refractivity contribution is -0.116. The van der Waals surface area contributed by atoms with Crippen molar-refractivity contribution in [1.82, 2.24) is 19.5 Å². The molecule has 1 amide bonds. The molecule has 0 spiro atoms. The quantitative estimate of drug-likeness (QED) is 0.872. The van der Waals surface area contributed by atoms with Crippen LogP contribution >= 0.6 is 0 Å². The Kier molecular flexibility index (Phi) is 4.07. The molecule has 1 aromatic carbocycles. The third-order valence-electron chi connectivity index (χ3n) is 4.91. The van der Waals surface area contributed by atoms with Crippen molar-refractivity contribution in [2.24, 2.45) is 0 Å². The average molecular weight is 375 g/mol. The number of rotatable bonds is 3. The number of carbonyl (C=O) groups excluding carboxylic acids is 1. The minimum Gasteiger partial charge on any atom is -0.312 e. The number of fused-ring (bicyclic) bond motifs is 2. The second-order valence-electron chi connectivity index (χ2n) is 6.77. The fraction of sp³-hybridized carbons (Fsp3) is 0.471. The number of carbonyl (C=O) groups is 1. The molecular formula is C17H21N5O3S. The Labute approximate surface area is 152 Å². The molecule has 1 N–H and O–H groups in total. The predicted octanol–water partition coefficient (Wildman–Crippen LogP) is 1.31. The SMILES string of the molecule is CC(=O)N1CCc2cc(S(=O)(=O)N[C@H]3CCCn4nc(C)nc43)ccc21. The lowest BCUT2D eigenvalue weighted by atomic mass is 10.1. The molecular weight excluding hydrogens is 354 g/mol. The van der Waals surface area contributed by atoms with Gasteiger partial charge in [-0.25, -0.2) is 22.8 Å². The Balaban J connectivity index is 1.61. The molecule has 4 rings (SSSR count). The van der Waals surface area contributed by atoms with E-state index in [1.165, 1.54) is 6.92 Å². The molecule has 2 aliphatic rings. The van der Waals surface area contributed by atoms with Gasteiger partial charge >= 0.3 is 0 Å². The highest BCUT2D eigenvalue weighted by molar-refractivity contribution is 7.89. The van der Waals surface area contributed by atoms with E-state index in [0.29, 0.717) is 31.0 Å². The van der Waals surface area contributed by atoms with Gasteiger partial charge in [-0.3, -0.25) is 4.79 Å². The van der Waals surface area contributed by atoms with E-state index in [9.17, 15) is 13.2 Å². The summed E-state index contributed by atoms with van der Waals surface area (Å²) in [7, 11) is -3.69. The first-order valence-corrected chi connectivity index (χ1v) is 10.2. The first kappa shape index (κ1) is 17.2. The Morgan fingerprint density at radius 1 is 1.31 bits per heavy atom. The van der Waals surface area contributed by atoms with Crippen LogP contribution in [-0.4, -0.2) is 35.6 Å². The van der Waals surface area contributed by atoms with Crippen LogP contribution in [0.25, 0.3) is 0 Å². The van der Waals surface area contributed by atoms with Gasteiger partial charge in [0.1, 0.15) is 11.6 Å². The van der Waals surface area contributed by atoms with E-state index in [4.69, 9.17) is 0 Å². The fourth-order valence-electron chi connectivity index (χ4n) is 3.71. The molecule has 8 nitrogen and oxygen atoms in total. The van der Waals surface area contributed by atoms with E-state index >= 15 is 0 Å². The van der Waals surface area contributed by atoms with Gasteiger partial charge in [-0.1, -0.05) is 0 Å². The number of aromatic nitrogens is 3. The average Bonchev–Trinajstić information content (AvgIpc) is 3.17. The smallest absolute Gasteiger partial charge is 0.241 e. The standard InChI is InChI=1S/C17H21N5O3S/c1-11-18-17-15(4-3-8-22(17)19-11)20-26(24,25)14-5-6-16-13(10-14)7-9-21(16)12(2)23/h5-6,10,15,20H,3-4,7-9H2,1-2H3/t15-/m0/s1. The largest absolute Gasteiger partial charge is 0.312 e. The van der Waals surface area contributed by atoms with Crippen LogP contribution < -0.4 is 9.62 Å². The molecule has 3 heterocycles. The Bertz CT molecular complexity index is 982. The van der Waals surface area contributed by atoms with E-state index in [1.807, 2.05) is 0 Å². The summed E-state index contributed by atoms with van der Waals surface area (Å²) in [4.78, 5) is 17.9. The Morgan fingerprint density at radius 3 is 2.88 bits per heavy atom. The molecule has 0 unspecified atom stereocenters. The summed E-state index contributed by atoms with van der Waals surface area (Å²) in [6, 6.07) is 4.56. The van der Waals surface area contributed by atoms with Crippen molar-refractivity contribution in [3.8, 4) is 0 Å². The molecule has 26 heavy (non-hydrogen) atoms. The van der Waals surface area contributed by atoms with Gasteiger partial charge in [-0.2, -0.15) is 5.10 Å². The van der Waals surface area contributed by atoms with Crippen molar-refractivity contribution in [2.75, 3.05) is 11.4 Å². The van der Waals surface area contributed by atoms with Crippen LogP contribution in [0.4, 0.5) is 5.69 Å².